The molecule has 1 atom stereocenters. The van der Waals surface area contributed by atoms with Crippen LogP contribution in [-0.4, -0.2) is 40.5 Å². The van der Waals surface area contributed by atoms with Gasteiger partial charge in [0.1, 0.15) is 5.56 Å². The Morgan fingerprint density at radius 1 is 1.26 bits per heavy atom. The van der Waals surface area contributed by atoms with Crippen LogP contribution in [0.4, 0.5) is 0 Å². The standard InChI is InChI=1S/C18H21N3O2/c1-2-23-17-16(7-5-10-20-17)18(22)21-11-8-14(13-21)12-15-6-3-4-9-19-15/h3-7,9-10,14H,2,8,11-13H2,1H3. The van der Waals surface area contributed by atoms with Gasteiger partial charge in [0.05, 0.1) is 6.61 Å². The lowest BCUT2D eigenvalue weighted by molar-refractivity contribution is 0.0782. The fourth-order valence-electron chi connectivity index (χ4n) is 2.97. The van der Waals surface area contributed by atoms with E-state index in [2.05, 4.69) is 9.97 Å². The Bertz CT molecular complexity index is 660. The molecule has 0 bridgehead atoms. The van der Waals surface area contributed by atoms with Crippen molar-refractivity contribution in [1.82, 2.24) is 14.9 Å². The largest absolute Gasteiger partial charge is 0.477 e. The Kier molecular flexibility index (Phi) is 4.86. The Hall–Kier alpha value is -2.43. The molecule has 5 nitrogen and oxygen atoms in total. The Labute approximate surface area is 136 Å². The monoisotopic (exact) mass is 311 g/mol. The van der Waals surface area contributed by atoms with Crippen LogP contribution in [-0.2, 0) is 6.42 Å². The molecule has 1 amide bonds. The zero-order valence-corrected chi connectivity index (χ0v) is 13.3. The molecule has 0 aliphatic carbocycles. The summed E-state index contributed by atoms with van der Waals surface area (Å²) in [7, 11) is 0. The average molecular weight is 311 g/mol. The van der Waals surface area contributed by atoms with Crippen LogP contribution in [0, 0.1) is 5.92 Å². The first-order chi connectivity index (χ1) is 11.3. The van der Waals surface area contributed by atoms with Gasteiger partial charge in [-0.15, -0.1) is 0 Å². The molecule has 120 valence electrons. The molecule has 0 spiro atoms. The number of nitrogens with zero attached hydrogens (tertiary/aromatic N) is 3. The maximum atomic E-state index is 12.7. The van der Waals surface area contributed by atoms with Gasteiger partial charge in [-0.3, -0.25) is 9.78 Å². The fourth-order valence-corrected chi connectivity index (χ4v) is 2.97. The summed E-state index contributed by atoms with van der Waals surface area (Å²) in [6, 6.07) is 9.53. The Morgan fingerprint density at radius 2 is 2.13 bits per heavy atom. The number of pyridine rings is 2. The maximum absolute atomic E-state index is 12.7. The van der Waals surface area contributed by atoms with Crippen molar-refractivity contribution >= 4 is 5.91 Å². The van der Waals surface area contributed by atoms with E-state index in [1.165, 1.54) is 0 Å². The molecule has 2 aromatic heterocycles. The molecule has 0 aromatic carbocycles. The highest BCUT2D eigenvalue weighted by atomic mass is 16.5. The molecule has 1 saturated heterocycles. The second-order valence-corrected chi connectivity index (χ2v) is 5.72. The van der Waals surface area contributed by atoms with Gasteiger partial charge in [0.15, 0.2) is 0 Å². The summed E-state index contributed by atoms with van der Waals surface area (Å²) in [5.74, 6) is 0.888. The minimum absolute atomic E-state index is 0.00470. The summed E-state index contributed by atoms with van der Waals surface area (Å²) >= 11 is 0. The van der Waals surface area contributed by atoms with Crippen molar-refractivity contribution < 1.29 is 9.53 Å². The van der Waals surface area contributed by atoms with Crippen molar-refractivity contribution in [2.45, 2.75) is 19.8 Å². The molecule has 2 aromatic rings. The van der Waals surface area contributed by atoms with Gasteiger partial charge in [-0.1, -0.05) is 6.07 Å². The molecule has 1 unspecified atom stereocenters. The normalized spacial score (nSPS) is 17.3. The lowest BCUT2D eigenvalue weighted by Crippen LogP contribution is -2.29. The highest BCUT2D eigenvalue weighted by Crippen LogP contribution is 2.24. The number of amides is 1. The third kappa shape index (κ3) is 3.67. The van der Waals surface area contributed by atoms with Crippen LogP contribution in [0.3, 0.4) is 0 Å². The van der Waals surface area contributed by atoms with Crippen molar-refractivity contribution in [2.24, 2.45) is 5.92 Å². The predicted molar refractivity (Wildman–Crippen MR) is 87.4 cm³/mol. The van der Waals surface area contributed by atoms with E-state index in [-0.39, 0.29) is 5.91 Å². The van der Waals surface area contributed by atoms with E-state index < -0.39 is 0 Å². The number of carbonyl (C=O) groups excluding carboxylic acids is 1. The summed E-state index contributed by atoms with van der Waals surface area (Å²) < 4.78 is 5.47. The van der Waals surface area contributed by atoms with Crippen LogP contribution in [0.1, 0.15) is 29.4 Å². The van der Waals surface area contributed by atoms with Gasteiger partial charge in [-0.2, -0.15) is 0 Å². The van der Waals surface area contributed by atoms with Crippen molar-refractivity contribution in [1.29, 1.82) is 0 Å². The smallest absolute Gasteiger partial charge is 0.259 e. The summed E-state index contributed by atoms with van der Waals surface area (Å²) in [6.07, 6.45) is 5.38. The van der Waals surface area contributed by atoms with E-state index in [9.17, 15) is 4.79 Å². The van der Waals surface area contributed by atoms with Crippen molar-refractivity contribution in [2.75, 3.05) is 19.7 Å². The SMILES string of the molecule is CCOc1ncccc1C(=O)N1CCC(Cc2ccccn2)C1. The van der Waals surface area contributed by atoms with Crippen molar-refractivity contribution in [3.8, 4) is 5.88 Å². The van der Waals surface area contributed by atoms with Gasteiger partial charge in [-0.25, -0.2) is 4.98 Å². The maximum Gasteiger partial charge on any atom is 0.259 e. The zero-order chi connectivity index (χ0) is 16.1. The van der Waals surface area contributed by atoms with Gasteiger partial charge in [0.2, 0.25) is 5.88 Å². The van der Waals surface area contributed by atoms with Gasteiger partial charge < -0.3 is 9.64 Å². The average Bonchev–Trinajstić information content (AvgIpc) is 3.04. The van der Waals surface area contributed by atoms with E-state index in [1.807, 2.05) is 36.2 Å². The third-order valence-corrected chi connectivity index (χ3v) is 4.08. The number of ether oxygens (including phenoxy) is 1. The molecule has 0 radical (unpaired) electrons. The molecule has 5 heteroatoms. The summed E-state index contributed by atoms with van der Waals surface area (Å²) in [5.41, 5.74) is 1.64. The Balaban J connectivity index is 1.66. The lowest BCUT2D eigenvalue weighted by atomic mass is 10.0. The molecule has 23 heavy (non-hydrogen) atoms. The second-order valence-electron chi connectivity index (χ2n) is 5.72. The van der Waals surface area contributed by atoms with E-state index in [4.69, 9.17) is 4.74 Å². The molecule has 3 rings (SSSR count). The fraction of sp³-hybridized carbons (Fsp3) is 0.389. The first-order valence-electron chi connectivity index (χ1n) is 8.05. The summed E-state index contributed by atoms with van der Waals surface area (Å²) in [6.45, 7) is 3.92. The van der Waals surface area contributed by atoms with Crippen LogP contribution in [0.2, 0.25) is 0 Å². The highest BCUT2D eigenvalue weighted by molar-refractivity contribution is 5.96. The Morgan fingerprint density at radius 3 is 2.91 bits per heavy atom. The second kappa shape index (κ2) is 7.22. The van der Waals surface area contributed by atoms with E-state index in [0.29, 0.717) is 24.0 Å². The van der Waals surface area contributed by atoms with Gasteiger partial charge in [-0.05, 0) is 49.9 Å². The van der Waals surface area contributed by atoms with Crippen molar-refractivity contribution in [3.05, 3.63) is 54.0 Å². The third-order valence-electron chi connectivity index (χ3n) is 4.08. The summed E-state index contributed by atoms with van der Waals surface area (Å²) in [5, 5.41) is 0. The van der Waals surface area contributed by atoms with E-state index >= 15 is 0 Å². The van der Waals surface area contributed by atoms with Gasteiger partial charge in [0, 0.05) is 31.2 Å². The van der Waals surface area contributed by atoms with Crippen molar-refractivity contribution in [3.63, 3.8) is 0 Å². The number of aromatic nitrogens is 2. The molecule has 0 saturated carbocycles. The highest BCUT2D eigenvalue weighted by Gasteiger charge is 2.29. The topological polar surface area (TPSA) is 55.3 Å². The van der Waals surface area contributed by atoms with Crippen LogP contribution in [0.5, 0.6) is 5.88 Å². The molecule has 1 fully saturated rings. The number of hydrogen-bond acceptors (Lipinski definition) is 4. The predicted octanol–water partition coefficient (Wildman–Crippen LogP) is 2.58. The van der Waals surface area contributed by atoms with E-state index in [0.717, 1.165) is 31.6 Å². The number of likely N-dealkylation sites (tertiary alicyclic amines) is 1. The summed E-state index contributed by atoms with van der Waals surface area (Å²) in [4.78, 5) is 23.2. The minimum atomic E-state index is 0.00470. The van der Waals surface area contributed by atoms with Gasteiger partial charge >= 0.3 is 0 Å². The van der Waals surface area contributed by atoms with E-state index in [1.54, 1.807) is 18.3 Å². The van der Waals surface area contributed by atoms with Crippen LogP contribution < -0.4 is 4.74 Å². The zero-order valence-electron chi connectivity index (χ0n) is 13.3. The molecule has 1 aliphatic heterocycles. The molecule has 3 heterocycles. The molecule has 1 aliphatic rings. The minimum Gasteiger partial charge on any atom is -0.477 e. The first-order valence-corrected chi connectivity index (χ1v) is 8.05. The van der Waals surface area contributed by atoms with Crippen LogP contribution in [0.15, 0.2) is 42.7 Å². The quantitative estimate of drug-likeness (QED) is 0.851. The molecule has 0 N–H and O–H groups in total. The van der Waals surface area contributed by atoms with Crippen LogP contribution in [0.25, 0.3) is 0 Å². The lowest BCUT2D eigenvalue weighted by Gasteiger charge is -2.18. The van der Waals surface area contributed by atoms with Gasteiger partial charge in [0.25, 0.3) is 5.91 Å². The molecular weight excluding hydrogens is 290 g/mol. The first kappa shape index (κ1) is 15.5. The van der Waals surface area contributed by atoms with Crippen LogP contribution >= 0.6 is 0 Å². The molecular formula is C18H21N3O2. The number of hydrogen-bond donors (Lipinski definition) is 0. The number of carbonyl (C=O) groups is 1. The number of rotatable bonds is 5.